The Morgan fingerprint density at radius 2 is 2.13 bits per heavy atom. The van der Waals surface area contributed by atoms with Crippen LogP contribution < -0.4 is 32.9 Å². The maximum Gasteiger partial charge on any atom is 0.447 e. The summed E-state index contributed by atoms with van der Waals surface area (Å²) in [6.07, 6.45) is 1.07. The minimum Gasteiger partial charge on any atom is -0.370 e. The van der Waals surface area contributed by atoms with Gasteiger partial charge in [0.2, 0.25) is 5.91 Å². The molecule has 1 aliphatic heterocycles. The summed E-state index contributed by atoms with van der Waals surface area (Å²) in [6.45, 7) is 1.15. The molecule has 11 heteroatoms. The minimum absolute atomic E-state index is 0.259. The summed E-state index contributed by atoms with van der Waals surface area (Å²) in [4.78, 5) is 35.1. The third-order valence-electron chi connectivity index (χ3n) is 3.37. The van der Waals surface area contributed by atoms with E-state index in [1.54, 1.807) is 0 Å². The van der Waals surface area contributed by atoms with Gasteiger partial charge in [0.05, 0.1) is 6.42 Å². The van der Waals surface area contributed by atoms with E-state index in [9.17, 15) is 18.9 Å². The molecule has 130 valence electrons. The zero-order valence-corrected chi connectivity index (χ0v) is 13.7. The Balaban J connectivity index is 2.79. The number of hydrogen-bond donors (Lipinski definition) is 6. The molecular weight excluding hydrogens is 323 g/mol. The standard InChI is InChI=1S/C12H23N6O4P/c13-4-2-6-17-11(21)12(15,7-9(14)19)18-23(22)8-3-1-5-16-10(8)20/h8H,1-7,13,15H2,(H4-,14,16,17,18,19,20,21,22)/p+1/t8-,12?/m0/s1. The smallest absolute Gasteiger partial charge is 0.370 e. The van der Waals surface area contributed by atoms with Crippen molar-refractivity contribution >= 4 is 25.7 Å². The lowest BCUT2D eigenvalue weighted by atomic mass is 10.1. The lowest BCUT2D eigenvalue weighted by Gasteiger charge is -2.24. The Kier molecular flexibility index (Phi) is 7.50. The van der Waals surface area contributed by atoms with E-state index in [1.165, 1.54) is 0 Å². The maximum atomic E-state index is 12.4. The van der Waals surface area contributed by atoms with Gasteiger partial charge in [0.15, 0.2) is 5.66 Å². The van der Waals surface area contributed by atoms with Crippen LogP contribution in [0.15, 0.2) is 0 Å². The molecule has 0 bridgehead atoms. The lowest BCUT2D eigenvalue weighted by molar-refractivity contribution is -0.131. The summed E-state index contributed by atoms with van der Waals surface area (Å²) in [6, 6.07) is 0. The SMILES string of the molecule is NCCCNC(=O)C(N)(CC(N)=O)N[P+](=O)[C@H]1CCCNC1=O. The Labute approximate surface area is 135 Å². The number of carbonyl (C=O) groups excluding carboxylic acids is 3. The van der Waals surface area contributed by atoms with E-state index in [2.05, 4.69) is 15.7 Å². The summed E-state index contributed by atoms with van der Waals surface area (Å²) >= 11 is 0. The van der Waals surface area contributed by atoms with Crippen molar-refractivity contribution < 1.29 is 18.9 Å². The molecule has 1 heterocycles. The molecule has 0 saturated carbocycles. The first-order valence-corrected chi connectivity index (χ1v) is 8.70. The number of rotatable bonds is 9. The number of carbonyl (C=O) groups is 3. The van der Waals surface area contributed by atoms with Gasteiger partial charge in [-0.3, -0.25) is 14.4 Å². The Bertz CT molecular complexity index is 488. The van der Waals surface area contributed by atoms with E-state index < -0.39 is 37.5 Å². The van der Waals surface area contributed by atoms with Crippen molar-refractivity contribution in [2.45, 2.75) is 37.0 Å². The van der Waals surface area contributed by atoms with Gasteiger partial charge in [0, 0.05) is 19.5 Å². The highest BCUT2D eigenvalue weighted by atomic mass is 31.1. The second-order valence-corrected chi connectivity index (χ2v) is 6.90. The lowest BCUT2D eigenvalue weighted by Crippen LogP contribution is -2.63. The third-order valence-corrected chi connectivity index (χ3v) is 5.05. The average molecular weight is 347 g/mol. The van der Waals surface area contributed by atoms with E-state index in [4.69, 9.17) is 17.2 Å². The maximum absolute atomic E-state index is 12.4. The van der Waals surface area contributed by atoms with E-state index in [0.717, 1.165) is 0 Å². The van der Waals surface area contributed by atoms with Gasteiger partial charge in [-0.15, -0.1) is 0 Å². The molecule has 23 heavy (non-hydrogen) atoms. The normalized spacial score (nSPS) is 21.0. The summed E-state index contributed by atoms with van der Waals surface area (Å²) in [5, 5.41) is 7.54. The van der Waals surface area contributed by atoms with E-state index in [1.807, 2.05) is 0 Å². The molecule has 1 rings (SSSR count). The number of nitrogens with two attached hydrogens (primary N) is 3. The summed E-state index contributed by atoms with van der Waals surface area (Å²) in [5.74, 6) is -1.91. The van der Waals surface area contributed by atoms with Crippen LogP contribution in [0.1, 0.15) is 25.7 Å². The molecular formula is C12H24N6O4P+. The van der Waals surface area contributed by atoms with E-state index >= 15 is 0 Å². The molecule has 0 radical (unpaired) electrons. The van der Waals surface area contributed by atoms with Gasteiger partial charge in [-0.2, -0.15) is 0 Å². The van der Waals surface area contributed by atoms with Crippen molar-refractivity contribution in [3.63, 3.8) is 0 Å². The van der Waals surface area contributed by atoms with Gasteiger partial charge >= 0.3 is 7.95 Å². The molecule has 2 unspecified atom stereocenters. The molecule has 10 nitrogen and oxygen atoms in total. The Hall–Kier alpha value is -1.61. The van der Waals surface area contributed by atoms with E-state index in [0.29, 0.717) is 32.4 Å². The van der Waals surface area contributed by atoms with Gasteiger partial charge in [0.25, 0.3) is 17.5 Å². The van der Waals surface area contributed by atoms with Crippen molar-refractivity contribution in [3.05, 3.63) is 0 Å². The first-order valence-electron chi connectivity index (χ1n) is 7.37. The van der Waals surface area contributed by atoms with Crippen LogP contribution in [0.4, 0.5) is 0 Å². The van der Waals surface area contributed by atoms with Crippen LogP contribution in [-0.4, -0.2) is 48.7 Å². The predicted octanol–water partition coefficient (Wildman–Crippen LogP) is -2.41. The van der Waals surface area contributed by atoms with Crippen molar-refractivity contribution in [3.8, 4) is 0 Å². The third kappa shape index (κ3) is 5.83. The zero-order chi connectivity index (χ0) is 17.5. The Morgan fingerprint density at radius 3 is 2.70 bits per heavy atom. The molecule has 0 aromatic rings. The molecule has 9 N–H and O–H groups in total. The molecule has 0 spiro atoms. The molecule has 1 aliphatic rings. The number of hydrogen-bond acceptors (Lipinski definition) is 6. The number of nitrogens with one attached hydrogen (secondary N) is 3. The highest BCUT2D eigenvalue weighted by Crippen LogP contribution is 2.31. The van der Waals surface area contributed by atoms with Gasteiger partial charge in [-0.25, -0.2) is 0 Å². The summed E-state index contributed by atoms with van der Waals surface area (Å²) in [7, 11) is -2.34. The van der Waals surface area contributed by atoms with Gasteiger partial charge in [-0.05, 0) is 24.0 Å². The minimum atomic E-state index is -2.34. The largest absolute Gasteiger partial charge is 0.447 e. The second-order valence-electron chi connectivity index (χ2n) is 5.40. The second kappa shape index (κ2) is 8.88. The predicted molar refractivity (Wildman–Crippen MR) is 84.2 cm³/mol. The van der Waals surface area contributed by atoms with Crippen LogP contribution in [-0.2, 0) is 18.9 Å². The van der Waals surface area contributed by atoms with Crippen LogP contribution in [0.3, 0.4) is 0 Å². The fourth-order valence-electron chi connectivity index (χ4n) is 2.16. The van der Waals surface area contributed by atoms with Crippen LogP contribution in [0, 0.1) is 0 Å². The quantitative estimate of drug-likeness (QED) is 0.152. The van der Waals surface area contributed by atoms with Crippen molar-refractivity contribution in [2.24, 2.45) is 17.2 Å². The number of primary amides is 1. The summed E-state index contributed by atoms with van der Waals surface area (Å²) in [5.41, 5.74) is 13.6. The van der Waals surface area contributed by atoms with Crippen LogP contribution >= 0.6 is 7.95 Å². The molecule has 3 amide bonds. The van der Waals surface area contributed by atoms with Crippen LogP contribution in [0.2, 0.25) is 0 Å². The highest BCUT2D eigenvalue weighted by Gasteiger charge is 2.48. The molecule has 0 aromatic heterocycles. The average Bonchev–Trinajstić information content (AvgIpc) is 2.46. The fourth-order valence-corrected chi connectivity index (χ4v) is 3.61. The summed E-state index contributed by atoms with van der Waals surface area (Å²) < 4.78 is 12.4. The van der Waals surface area contributed by atoms with Crippen LogP contribution in [0.25, 0.3) is 0 Å². The number of piperidine rings is 1. The molecule has 0 aliphatic carbocycles. The first kappa shape index (κ1) is 19.4. The number of amides is 3. The monoisotopic (exact) mass is 347 g/mol. The first-order chi connectivity index (χ1) is 10.8. The van der Waals surface area contributed by atoms with Crippen LogP contribution in [0.5, 0.6) is 0 Å². The topological polar surface area (TPSA) is 182 Å². The fraction of sp³-hybridized carbons (Fsp3) is 0.750. The molecule has 1 fully saturated rings. The van der Waals surface area contributed by atoms with Gasteiger partial charge in [-0.1, -0.05) is 5.09 Å². The highest BCUT2D eigenvalue weighted by molar-refractivity contribution is 7.44. The van der Waals surface area contributed by atoms with Crippen molar-refractivity contribution in [1.29, 1.82) is 0 Å². The molecule has 0 aromatic carbocycles. The zero-order valence-electron chi connectivity index (χ0n) is 12.8. The Morgan fingerprint density at radius 1 is 1.43 bits per heavy atom. The van der Waals surface area contributed by atoms with Gasteiger partial charge in [0.1, 0.15) is 0 Å². The van der Waals surface area contributed by atoms with Crippen molar-refractivity contribution in [2.75, 3.05) is 19.6 Å². The molecule has 1 saturated heterocycles. The molecule has 3 atom stereocenters. The van der Waals surface area contributed by atoms with E-state index in [-0.39, 0.29) is 12.5 Å². The van der Waals surface area contributed by atoms with Gasteiger partial charge < -0.3 is 27.8 Å². The van der Waals surface area contributed by atoms with Crippen molar-refractivity contribution in [1.82, 2.24) is 15.7 Å².